The highest BCUT2D eigenvalue weighted by molar-refractivity contribution is 5.06. The summed E-state index contributed by atoms with van der Waals surface area (Å²) in [4.78, 5) is 0. The van der Waals surface area contributed by atoms with Crippen molar-refractivity contribution in [1.29, 1.82) is 5.26 Å². The van der Waals surface area contributed by atoms with Gasteiger partial charge in [-0.05, 0) is 12.8 Å². The molecule has 1 aliphatic heterocycles. The normalized spacial score (nSPS) is 23.9. The summed E-state index contributed by atoms with van der Waals surface area (Å²) in [5.74, 6) is 0. The monoisotopic (exact) mass is 168 g/mol. The van der Waals surface area contributed by atoms with E-state index < -0.39 is 5.54 Å². The number of hydrogen-bond acceptors (Lipinski definition) is 4. The van der Waals surface area contributed by atoms with Crippen LogP contribution in [-0.2, 0) is 0 Å². The Morgan fingerprint density at radius 1 is 1.42 bits per heavy atom. The maximum Gasteiger partial charge on any atom is 0.106 e. The minimum atomic E-state index is -0.577. The van der Waals surface area contributed by atoms with Crippen LogP contribution in [0.1, 0.15) is 12.8 Å². The van der Waals surface area contributed by atoms with E-state index in [2.05, 4.69) is 16.1 Å². The van der Waals surface area contributed by atoms with Crippen LogP contribution in [0.3, 0.4) is 0 Å². The van der Waals surface area contributed by atoms with Gasteiger partial charge in [0.05, 0.1) is 6.07 Å². The van der Waals surface area contributed by atoms with Crippen molar-refractivity contribution in [2.45, 2.75) is 18.4 Å². The van der Waals surface area contributed by atoms with E-state index in [0.717, 1.165) is 25.9 Å². The van der Waals surface area contributed by atoms with Crippen molar-refractivity contribution < 1.29 is 0 Å². The number of nitriles is 1. The van der Waals surface area contributed by atoms with Crippen LogP contribution in [0, 0.1) is 11.3 Å². The highest BCUT2D eigenvalue weighted by Gasteiger charge is 2.30. The second-order valence-electron chi connectivity index (χ2n) is 3.57. The van der Waals surface area contributed by atoms with Gasteiger partial charge >= 0.3 is 0 Å². The summed E-state index contributed by atoms with van der Waals surface area (Å²) in [5, 5.41) is 13.0. The third kappa shape index (κ3) is 1.95. The molecule has 68 valence electrons. The molecule has 0 amide bonds. The smallest absolute Gasteiger partial charge is 0.106 e. The van der Waals surface area contributed by atoms with Gasteiger partial charge < -0.3 is 5.73 Å². The van der Waals surface area contributed by atoms with E-state index in [1.807, 2.05) is 14.1 Å². The van der Waals surface area contributed by atoms with Crippen LogP contribution in [0.25, 0.3) is 0 Å². The molecular weight excluding hydrogens is 152 g/mol. The lowest BCUT2D eigenvalue weighted by Crippen LogP contribution is -2.52. The Morgan fingerprint density at radius 2 is 1.92 bits per heavy atom. The van der Waals surface area contributed by atoms with Crippen molar-refractivity contribution in [3.63, 3.8) is 0 Å². The lowest BCUT2D eigenvalue weighted by Gasteiger charge is -2.37. The third-order valence-electron chi connectivity index (χ3n) is 2.42. The van der Waals surface area contributed by atoms with Gasteiger partial charge in [0.25, 0.3) is 0 Å². The van der Waals surface area contributed by atoms with Crippen LogP contribution in [0.2, 0.25) is 0 Å². The Labute approximate surface area is 73.5 Å². The molecule has 0 aromatic heterocycles. The highest BCUT2D eigenvalue weighted by atomic mass is 15.6. The molecule has 2 N–H and O–H groups in total. The molecule has 12 heavy (non-hydrogen) atoms. The van der Waals surface area contributed by atoms with Crippen LogP contribution in [-0.4, -0.2) is 42.7 Å². The number of hydrogen-bond donors (Lipinski definition) is 1. The summed E-state index contributed by atoms with van der Waals surface area (Å²) in [6, 6.07) is 2.17. The summed E-state index contributed by atoms with van der Waals surface area (Å²) in [5.41, 5.74) is 5.24. The van der Waals surface area contributed by atoms with Gasteiger partial charge in [0, 0.05) is 27.2 Å². The van der Waals surface area contributed by atoms with Crippen LogP contribution in [0.4, 0.5) is 0 Å². The Kier molecular flexibility index (Phi) is 2.68. The average Bonchev–Trinajstić information content (AvgIpc) is 2.05. The Bertz CT molecular complexity index is 186. The molecule has 0 atom stereocenters. The van der Waals surface area contributed by atoms with E-state index in [1.165, 1.54) is 0 Å². The predicted octanol–water partition coefficient (Wildman–Crippen LogP) is -0.220. The molecule has 0 radical (unpaired) electrons. The first-order chi connectivity index (χ1) is 5.57. The van der Waals surface area contributed by atoms with Gasteiger partial charge in [0.1, 0.15) is 5.54 Å². The maximum absolute atomic E-state index is 8.77. The molecule has 1 rings (SSSR count). The molecule has 4 nitrogen and oxygen atoms in total. The molecule has 0 unspecified atom stereocenters. The van der Waals surface area contributed by atoms with Crippen molar-refractivity contribution >= 4 is 0 Å². The number of hydrazine groups is 1. The van der Waals surface area contributed by atoms with Crippen LogP contribution in [0.15, 0.2) is 0 Å². The first-order valence-corrected chi connectivity index (χ1v) is 4.20. The minimum absolute atomic E-state index is 0.577. The summed E-state index contributed by atoms with van der Waals surface area (Å²) < 4.78 is 0. The molecule has 0 saturated carbocycles. The quantitative estimate of drug-likeness (QED) is 0.588. The number of piperidine rings is 1. The standard InChI is InChI=1S/C8H16N4/c1-11(2)12-5-3-8(10,7-9)4-6-12/h3-6,10H2,1-2H3. The molecule has 4 heteroatoms. The van der Waals surface area contributed by atoms with E-state index >= 15 is 0 Å². The Hall–Kier alpha value is -0.630. The lowest BCUT2D eigenvalue weighted by atomic mass is 9.91. The lowest BCUT2D eigenvalue weighted by molar-refractivity contribution is -0.00457. The zero-order valence-electron chi connectivity index (χ0n) is 7.75. The first-order valence-electron chi connectivity index (χ1n) is 4.20. The van der Waals surface area contributed by atoms with E-state index in [4.69, 9.17) is 11.0 Å². The average molecular weight is 168 g/mol. The van der Waals surface area contributed by atoms with E-state index in [-0.39, 0.29) is 0 Å². The molecule has 0 aromatic rings. The van der Waals surface area contributed by atoms with Gasteiger partial charge in [-0.15, -0.1) is 0 Å². The molecular formula is C8H16N4. The van der Waals surface area contributed by atoms with Crippen LogP contribution < -0.4 is 5.73 Å². The van der Waals surface area contributed by atoms with Gasteiger partial charge in [0.15, 0.2) is 0 Å². The second-order valence-corrected chi connectivity index (χ2v) is 3.57. The van der Waals surface area contributed by atoms with E-state index in [0.29, 0.717) is 0 Å². The summed E-state index contributed by atoms with van der Waals surface area (Å²) in [6.07, 6.45) is 1.53. The molecule has 0 spiro atoms. The maximum atomic E-state index is 8.77. The zero-order valence-corrected chi connectivity index (χ0v) is 7.75. The molecule has 0 aliphatic carbocycles. The summed E-state index contributed by atoms with van der Waals surface area (Å²) in [7, 11) is 4.02. The molecule has 0 aromatic carbocycles. The van der Waals surface area contributed by atoms with Crippen LogP contribution >= 0.6 is 0 Å². The van der Waals surface area contributed by atoms with Crippen molar-refractivity contribution in [3.8, 4) is 6.07 Å². The largest absolute Gasteiger partial charge is 0.313 e. The fourth-order valence-electron chi connectivity index (χ4n) is 1.41. The molecule has 1 heterocycles. The SMILES string of the molecule is CN(C)N1CCC(N)(C#N)CC1. The van der Waals surface area contributed by atoms with E-state index in [1.54, 1.807) is 0 Å². The number of nitrogens with zero attached hydrogens (tertiary/aromatic N) is 3. The van der Waals surface area contributed by atoms with Gasteiger partial charge in [-0.3, -0.25) is 0 Å². The van der Waals surface area contributed by atoms with Gasteiger partial charge in [-0.1, -0.05) is 0 Å². The number of rotatable bonds is 1. The summed E-state index contributed by atoms with van der Waals surface area (Å²) in [6.45, 7) is 1.77. The van der Waals surface area contributed by atoms with Crippen molar-refractivity contribution in [2.75, 3.05) is 27.2 Å². The third-order valence-corrected chi connectivity index (χ3v) is 2.42. The first kappa shape index (κ1) is 9.46. The fraction of sp³-hybridized carbons (Fsp3) is 0.875. The Morgan fingerprint density at radius 3 is 2.25 bits per heavy atom. The molecule has 0 bridgehead atoms. The van der Waals surface area contributed by atoms with Gasteiger partial charge in [-0.2, -0.15) is 5.26 Å². The topological polar surface area (TPSA) is 56.3 Å². The Balaban J connectivity index is 2.46. The highest BCUT2D eigenvalue weighted by Crippen LogP contribution is 2.18. The van der Waals surface area contributed by atoms with Crippen molar-refractivity contribution in [3.05, 3.63) is 0 Å². The molecule has 1 aliphatic rings. The summed E-state index contributed by atoms with van der Waals surface area (Å²) >= 11 is 0. The van der Waals surface area contributed by atoms with Crippen molar-refractivity contribution in [1.82, 2.24) is 10.0 Å². The number of nitrogens with two attached hydrogens (primary N) is 1. The predicted molar refractivity (Wildman–Crippen MR) is 47.0 cm³/mol. The van der Waals surface area contributed by atoms with Crippen LogP contribution in [0.5, 0.6) is 0 Å². The minimum Gasteiger partial charge on any atom is -0.313 e. The molecule has 1 fully saturated rings. The molecule has 1 saturated heterocycles. The second kappa shape index (κ2) is 3.40. The zero-order chi connectivity index (χ0) is 9.19. The van der Waals surface area contributed by atoms with E-state index in [9.17, 15) is 0 Å². The van der Waals surface area contributed by atoms with Crippen molar-refractivity contribution in [2.24, 2.45) is 5.73 Å². The fourth-order valence-corrected chi connectivity index (χ4v) is 1.41. The van der Waals surface area contributed by atoms with Gasteiger partial charge in [0.2, 0.25) is 0 Å². The van der Waals surface area contributed by atoms with Gasteiger partial charge in [-0.25, -0.2) is 10.0 Å².